The van der Waals surface area contributed by atoms with Gasteiger partial charge >= 0.3 is 12.4 Å². The van der Waals surface area contributed by atoms with E-state index in [4.69, 9.17) is 11.6 Å². The summed E-state index contributed by atoms with van der Waals surface area (Å²) in [7, 11) is 0. The van der Waals surface area contributed by atoms with Crippen LogP contribution >= 0.6 is 11.6 Å². The molecule has 0 radical (unpaired) electrons. The Bertz CT molecular complexity index is 1290. The van der Waals surface area contributed by atoms with E-state index in [1.807, 2.05) is 0 Å². The Morgan fingerprint density at radius 2 is 1.78 bits per heavy atom. The predicted molar refractivity (Wildman–Crippen MR) is 111 cm³/mol. The molecular formula is C22H15ClF9N3O2. The van der Waals surface area contributed by atoms with Crippen molar-refractivity contribution in [1.29, 1.82) is 0 Å². The summed E-state index contributed by atoms with van der Waals surface area (Å²) in [5, 5.41) is 4.52. The number of oxime groups is 1. The van der Waals surface area contributed by atoms with Crippen molar-refractivity contribution < 1.29 is 49.1 Å². The van der Waals surface area contributed by atoms with E-state index < -0.39 is 82.8 Å². The van der Waals surface area contributed by atoms with Gasteiger partial charge in [-0.25, -0.2) is 13.2 Å². The third-order valence-corrected chi connectivity index (χ3v) is 6.33. The number of hydrogen-bond donors (Lipinski definition) is 1. The molecule has 0 spiro atoms. The average Bonchev–Trinajstić information content (AvgIpc) is 3.20. The van der Waals surface area contributed by atoms with Gasteiger partial charge in [-0.2, -0.15) is 26.3 Å². The van der Waals surface area contributed by atoms with Gasteiger partial charge < -0.3 is 10.2 Å². The minimum atomic E-state index is -5.44. The largest absolute Gasteiger partial charge is 0.435 e. The van der Waals surface area contributed by atoms with E-state index in [0.717, 1.165) is 12.3 Å². The Morgan fingerprint density at radius 3 is 2.32 bits per heavy atom. The molecule has 0 bridgehead atoms. The lowest BCUT2D eigenvalue weighted by atomic mass is 9.85. The smallest absolute Gasteiger partial charge is 0.374 e. The number of carbonyl (C=O) groups is 1. The fraction of sp³-hybridized carbons (Fsp3) is 0.409. The Kier molecular flexibility index (Phi) is 6.41. The van der Waals surface area contributed by atoms with E-state index in [2.05, 4.69) is 20.3 Å². The second-order valence-corrected chi connectivity index (χ2v) is 9.17. The third kappa shape index (κ3) is 4.94. The molecule has 1 aromatic carbocycles. The Morgan fingerprint density at radius 1 is 1.14 bits per heavy atom. The van der Waals surface area contributed by atoms with E-state index >= 15 is 0 Å². The minimum Gasteiger partial charge on any atom is -0.374 e. The van der Waals surface area contributed by atoms with Crippen LogP contribution in [0.4, 0.5) is 39.5 Å². The van der Waals surface area contributed by atoms with Crippen LogP contribution in [0.5, 0.6) is 0 Å². The number of halogens is 10. The number of nitrogens with one attached hydrogen (secondary N) is 1. The highest BCUT2D eigenvalue weighted by Gasteiger charge is 2.64. The molecule has 1 aliphatic carbocycles. The molecule has 1 aromatic heterocycles. The van der Waals surface area contributed by atoms with Crippen molar-refractivity contribution in [2.24, 2.45) is 5.16 Å². The molecule has 1 atom stereocenters. The predicted octanol–water partition coefficient (Wildman–Crippen LogP) is 6.31. The van der Waals surface area contributed by atoms with E-state index in [-0.39, 0.29) is 29.0 Å². The number of amides is 1. The van der Waals surface area contributed by atoms with Crippen LogP contribution in [0.2, 0.25) is 5.02 Å². The van der Waals surface area contributed by atoms with Gasteiger partial charge in [0, 0.05) is 30.6 Å². The molecule has 4 rings (SSSR count). The first-order chi connectivity index (χ1) is 16.9. The van der Waals surface area contributed by atoms with Gasteiger partial charge in [0.25, 0.3) is 17.4 Å². The van der Waals surface area contributed by atoms with Crippen molar-refractivity contribution in [1.82, 2.24) is 10.3 Å². The maximum absolute atomic E-state index is 14.7. The van der Waals surface area contributed by atoms with Gasteiger partial charge in [0.15, 0.2) is 0 Å². The number of aryl methyl sites for hydroxylation is 1. The van der Waals surface area contributed by atoms with Gasteiger partial charge in [-0.15, -0.1) is 0 Å². The summed E-state index contributed by atoms with van der Waals surface area (Å²) in [6, 6.07) is 0.522. The number of pyridine rings is 1. The minimum absolute atomic E-state index is 0.0384. The SMILES string of the molecule is Cc1cc(C2=NOC(c3cc(C(F)(F)F)cc(Cl)c3F)(C(F)(F)F)C2)ncc1C(=O)NC1CC(F)(F)C1. The zero-order chi connectivity index (χ0) is 27.6. The molecule has 0 saturated heterocycles. The normalized spacial score (nSPS) is 21.8. The Hall–Kier alpha value is -3.03. The molecule has 2 heterocycles. The first kappa shape index (κ1) is 27.0. The monoisotopic (exact) mass is 559 g/mol. The lowest BCUT2D eigenvalue weighted by Gasteiger charge is -2.35. The summed E-state index contributed by atoms with van der Waals surface area (Å²) in [5.41, 5.74) is -7.34. The highest BCUT2D eigenvalue weighted by Crippen LogP contribution is 2.51. The molecule has 15 heteroatoms. The molecule has 5 nitrogen and oxygen atoms in total. The van der Waals surface area contributed by atoms with Crippen molar-refractivity contribution in [3.8, 4) is 0 Å². The van der Waals surface area contributed by atoms with E-state index in [1.165, 1.54) is 6.92 Å². The fourth-order valence-electron chi connectivity index (χ4n) is 4.04. The van der Waals surface area contributed by atoms with Gasteiger partial charge in [-0.3, -0.25) is 9.78 Å². The summed E-state index contributed by atoms with van der Waals surface area (Å²) in [6.45, 7) is 1.40. The van der Waals surface area contributed by atoms with Crippen molar-refractivity contribution in [2.45, 2.75) is 56.1 Å². The molecule has 2 aliphatic rings. The van der Waals surface area contributed by atoms with E-state index in [0.29, 0.717) is 0 Å². The summed E-state index contributed by atoms with van der Waals surface area (Å²) in [5.74, 6) is -5.36. The fourth-order valence-corrected chi connectivity index (χ4v) is 4.26. The van der Waals surface area contributed by atoms with E-state index in [9.17, 15) is 44.3 Å². The number of rotatable bonds is 4. The van der Waals surface area contributed by atoms with Crippen LogP contribution in [0, 0.1) is 12.7 Å². The maximum atomic E-state index is 14.7. The molecule has 1 fully saturated rings. The molecule has 1 N–H and O–H groups in total. The summed E-state index contributed by atoms with van der Waals surface area (Å²) in [6.07, 6.45) is -11.9. The van der Waals surface area contributed by atoms with Crippen LogP contribution in [0.3, 0.4) is 0 Å². The topological polar surface area (TPSA) is 63.6 Å². The van der Waals surface area contributed by atoms with Crippen LogP contribution in [-0.2, 0) is 16.6 Å². The van der Waals surface area contributed by atoms with Crippen molar-refractivity contribution in [2.75, 3.05) is 0 Å². The number of nitrogens with zero attached hydrogens (tertiary/aromatic N) is 2. The summed E-state index contributed by atoms with van der Waals surface area (Å²) in [4.78, 5) is 20.8. The van der Waals surface area contributed by atoms with Crippen LogP contribution in [0.1, 0.15) is 52.0 Å². The Balaban J connectivity index is 1.63. The molecule has 1 unspecified atom stereocenters. The lowest BCUT2D eigenvalue weighted by Crippen LogP contribution is -2.50. The lowest BCUT2D eigenvalue weighted by molar-refractivity contribution is -0.276. The quantitative estimate of drug-likeness (QED) is 0.447. The van der Waals surface area contributed by atoms with Crippen LogP contribution < -0.4 is 5.32 Å². The van der Waals surface area contributed by atoms with Crippen molar-refractivity contribution in [3.63, 3.8) is 0 Å². The maximum Gasteiger partial charge on any atom is 0.435 e. The number of hydrogen-bond acceptors (Lipinski definition) is 4. The van der Waals surface area contributed by atoms with Gasteiger partial charge in [-0.1, -0.05) is 16.8 Å². The van der Waals surface area contributed by atoms with Crippen LogP contribution in [0.15, 0.2) is 29.6 Å². The van der Waals surface area contributed by atoms with Crippen molar-refractivity contribution >= 4 is 23.2 Å². The number of alkyl halides is 8. The second-order valence-electron chi connectivity index (χ2n) is 8.77. The van der Waals surface area contributed by atoms with Gasteiger partial charge in [-0.05, 0) is 30.7 Å². The highest BCUT2D eigenvalue weighted by atomic mass is 35.5. The van der Waals surface area contributed by atoms with Gasteiger partial charge in [0.05, 0.1) is 28.3 Å². The number of aromatic nitrogens is 1. The zero-order valence-electron chi connectivity index (χ0n) is 18.5. The first-order valence-corrected chi connectivity index (χ1v) is 10.9. The zero-order valence-corrected chi connectivity index (χ0v) is 19.3. The molecule has 1 saturated carbocycles. The highest BCUT2D eigenvalue weighted by molar-refractivity contribution is 6.30. The summed E-state index contributed by atoms with van der Waals surface area (Å²) < 4.78 is 123. The molecule has 200 valence electrons. The average molecular weight is 560 g/mol. The third-order valence-electron chi connectivity index (χ3n) is 6.05. The molecule has 37 heavy (non-hydrogen) atoms. The van der Waals surface area contributed by atoms with Crippen LogP contribution in [-0.4, -0.2) is 34.7 Å². The standard InChI is InChI=1S/C22H15ClF9N3O2/c1-9-2-15(33-8-12(9)18(36)34-11-5-19(25,26)6-11)16-7-20(37-35-16,22(30,31)32)13-3-10(21(27,28)29)4-14(23)17(13)24/h2-4,8,11H,5-7H2,1H3,(H,34,36). The van der Waals surface area contributed by atoms with E-state index in [1.54, 1.807) is 0 Å². The van der Waals surface area contributed by atoms with Crippen LogP contribution in [0.25, 0.3) is 0 Å². The molecule has 1 aliphatic heterocycles. The summed E-state index contributed by atoms with van der Waals surface area (Å²) >= 11 is 5.48. The Labute approximate surface area is 207 Å². The molecule has 2 aromatic rings. The second kappa shape index (κ2) is 8.77. The van der Waals surface area contributed by atoms with Gasteiger partial charge in [0.2, 0.25) is 0 Å². The molecule has 1 amide bonds. The van der Waals surface area contributed by atoms with Gasteiger partial charge in [0.1, 0.15) is 11.5 Å². The first-order valence-electron chi connectivity index (χ1n) is 10.5. The number of benzene rings is 1. The van der Waals surface area contributed by atoms with Crippen molar-refractivity contribution in [3.05, 3.63) is 63.2 Å². The molecular weight excluding hydrogens is 545 g/mol. The number of carbonyl (C=O) groups excluding carboxylic acids is 1.